The van der Waals surface area contributed by atoms with Crippen molar-refractivity contribution in [1.29, 1.82) is 0 Å². The Morgan fingerprint density at radius 3 is 1.04 bits per heavy atom. The van der Waals surface area contributed by atoms with Crippen molar-refractivity contribution in [3.8, 4) is 134 Å². The zero-order valence-electron chi connectivity index (χ0n) is 75.4. The summed E-state index contributed by atoms with van der Waals surface area (Å²) in [5, 5.41) is 5.02. The van der Waals surface area contributed by atoms with Gasteiger partial charge in [-0.1, -0.05) is 419 Å². The zero-order valence-corrected chi connectivity index (χ0v) is 75.4. The third kappa shape index (κ3) is 11.7. The van der Waals surface area contributed by atoms with Crippen molar-refractivity contribution >= 4 is 77.7 Å². The molecule has 1 unspecified atom stereocenters. The Hall–Kier alpha value is -18.0. The summed E-state index contributed by atoms with van der Waals surface area (Å²) in [6.07, 6.45) is 0. The van der Waals surface area contributed by atoms with Crippen LogP contribution in [-0.4, -0.2) is 9.13 Å². The summed E-state index contributed by atoms with van der Waals surface area (Å²) in [5.74, 6) is 0. The molecule has 642 valence electrons. The Bertz CT molecular complexity index is 9030. The Morgan fingerprint density at radius 2 is 0.471 bits per heavy atom. The van der Waals surface area contributed by atoms with E-state index < -0.39 is 10.8 Å². The van der Waals surface area contributed by atoms with Gasteiger partial charge in [0.2, 0.25) is 0 Å². The molecular formula is C134H86N4. The van der Waals surface area contributed by atoms with Crippen molar-refractivity contribution in [3.63, 3.8) is 0 Å². The summed E-state index contributed by atoms with van der Waals surface area (Å²) < 4.78 is 5.08. The Balaban J connectivity index is 0.555. The SMILES string of the molecule is c1ccc(-c2ccc(N(c3ccc(-c4ccc5c(c4)c4cccc6c4n5-c4ccccc4C64c5ccccc5-c5ccccc54)cc3)c3ccccc3-c3cccc(-c4cccc(-c5ccccc5N(c5ccc(-c6ccccc6-c6ccccc6)cc5)c5ccc(-c6cccc7c6-c6ccccc6C76c7ccccc7-n7c8ccccc8c8cccc6c87)cc5)c4)c3)c(-c3ccccc3)c2)cc1. The number of benzene rings is 22. The Kier molecular flexibility index (Phi) is 17.9. The lowest BCUT2D eigenvalue weighted by molar-refractivity contribution is 0.748. The van der Waals surface area contributed by atoms with Crippen molar-refractivity contribution in [3.05, 3.63) is 566 Å². The Labute approximate surface area is 801 Å². The summed E-state index contributed by atoms with van der Waals surface area (Å²) in [5.41, 5.74) is 48.8. The predicted molar refractivity (Wildman–Crippen MR) is 575 cm³/mol. The highest BCUT2D eigenvalue weighted by molar-refractivity contribution is 6.16. The van der Waals surface area contributed by atoms with E-state index in [2.05, 4.69) is 541 Å². The topological polar surface area (TPSA) is 16.3 Å². The molecule has 0 amide bonds. The predicted octanol–water partition coefficient (Wildman–Crippen LogP) is 35.2. The van der Waals surface area contributed by atoms with Gasteiger partial charge in [0, 0.05) is 55.3 Å². The number of hydrogen-bond acceptors (Lipinski definition) is 2. The molecule has 22 aromatic carbocycles. The number of fused-ring (bicyclic) bond motifs is 24. The van der Waals surface area contributed by atoms with Gasteiger partial charge >= 0.3 is 0 Å². The second-order valence-electron chi connectivity index (χ2n) is 37.1. The van der Waals surface area contributed by atoms with Crippen LogP contribution in [0.4, 0.5) is 34.1 Å². The summed E-state index contributed by atoms with van der Waals surface area (Å²) in [6.45, 7) is 0. The van der Waals surface area contributed by atoms with E-state index in [1.807, 2.05) is 0 Å². The maximum atomic E-state index is 2.55. The first-order valence-electron chi connectivity index (χ1n) is 47.9. The second kappa shape index (κ2) is 31.3. The molecule has 0 bridgehead atoms. The van der Waals surface area contributed by atoms with Gasteiger partial charge in [-0.05, 0) is 253 Å². The van der Waals surface area contributed by atoms with Crippen molar-refractivity contribution in [1.82, 2.24) is 9.13 Å². The number of para-hydroxylation sites is 7. The van der Waals surface area contributed by atoms with Crippen LogP contribution in [0.2, 0.25) is 0 Å². The highest BCUT2D eigenvalue weighted by Crippen LogP contribution is 2.65. The molecule has 4 nitrogen and oxygen atoms in total. The van der Waals surface area contributed by atoms with Crippen LogP contribution in [0.1, 0.15) is 44.5 Å². The molecule has 0 N–H and O–H groups in total. The molecule has 4 aliphatic rings. The zero-order chi connectivity index (χ0) is 90.7. The molecular weight excluding hydrogens is 1670 g/mol. The van der Waals surface area contributed by atoms with Crippen molar-refractivity contribution in [2.75, 3.05) is 9.80 Å². The average molecular weight is 1750 g/mol. The molecule has 2 aromatic heterocycles. The van der Waals surface area contributed by atoms with Gasteiger partial charge < -0.3 is 18.9 Å². The number of hydrogen-bond donors (Lipinski definition) is 0. The third-order valence-corrected chi connectivity index (χ3v) is 30.2. The van der Waals surface area contributed by atoms with Crippen LogP contribution in [0.25, 0.3) is 177 Å². The molecule has 2 aliphatic carbocycles. The van der Waals surface area contributed by atoms with E-state index in [9.17, 15) is 0 Å². The largest absolute Gasteiger partial charge is 0.310 e. The van der Waals surface area contributed by atoms with Gasteiger partial charge in [-0.25, -0.2) is 0 Å². The monoisotopic (exact) mass is 1750 g/mol. The first-order chi connectivity index (χ1) is 68.5. The minimum atomic E-state index is -0.578. The van der Waals surface area contributed by atoms with E-state index in [1.165, 1.54) is 144 Å². The first-order valence-corrected chi connectivity index (χ1v) is 47.9. The number of nitrogens with zero attached hydrogens (tertiary/aromatic N) is 4. The normalized spacial score (nSPS) is 13.6. The van der Waals surface area contributed by atoms with Gasteiger partial charge in [-0.15, -0.1) is 0 Å². The van der Waals surface area contributed by atoms with Crippen molar-refractivity contribution in [2.45, 2.75) is 10.8 Å². The standard InChI is InChI=1S/C134H86N4/c1-4-33-87(34-5-1)95-73-81-126(113(85-95)90-37-8-3-9-38-90)136(101-75-67-88(68-76-101)96-74-82-127-114(86-96)111-53-32-60-121-132(111)138(127)128-65-26-21-57-118(128)133(121)115-54-18-12-47-107(115)108-48-13-19-55-116(108)133)124-63-24-16-46-105(124)98-42-29-40-94(84-98)93-39-28-41-97(83-93)104-45-15-23-62-123(104)135(99-77-69-91(70-78-99)103-44-11-10-43-102(103)89-35-6-2-7-36-89)100-79-71-92(72-80-100)106-51-30-59-120-130(106)112-50-14-20-56-117(112)134(120)119-58-22-27-66-129(119)137-125-64-25-17-49-109(125)110-52-31-61-122(134)131(110)137/h1-86H. The molecule has 0 radical (unpaired) electrons. The van der Waals surface area contributed by atoms with Crippen molar-refractivity contribution < 1.29 is 0 Å². The van der Waals surface area contributed by atoms with Gasteiger partial charge in [0.1, 0.15) is 0 Å². The molecule has 4 heteroatoms. The number of aromatic nitrogens is 2. The van der Waals surface area contributed by atoms with Crippen LogP contribution in [0.15, 0.2) is 522 Å². The highest BCUT2D eigenvalue weighted by Gasteiger charge is 2.53. The molecule has 2 aliphatic heterocycles. The van der Waals surface area contributed by atoms with Crippen molar-refractivity contribution in [2.24, 2.45) is 0 Å². The van der Waals surface area contributed by atoms with Crippen LogP contribution in [0.5, 0.6) is 0 Å². The average Bonchev–Trinajstić information content (AvgIpc) is 1.50. The minimum Gasteiger partial charge on any atom is -0.310 e. The first kappa shape index (κ1) is 78.7. The van der Waals surface area contributed by atoms with E-state index >= 15 is 0 Å². The summed E-state index contributed by atoms with van der Waals surface area (Å²) >= 11 is 0. The van der Waals surface area contributed by atoms with Crippen LogP contribution < -0.4 is 9.80 Å². The lowest BCUT2D eigenvalue weighted by atomic mass is 9.65. The van der Waals surface area contributed by atoms with Crippen LogP contribution in [0, 0.1) is 0 Å². The van der Waals surface area contributed by atoms with Gasteiger partial charge in [-0.3, -0.25) is 0 Å². The quantitative estimate of drug-likeness (QED) is 0.102. The van der Waals surface area contributed by atoms with E-state index in [0.717, 1.165) is 112 Å². The fourth-order valence-electron chi connectivity index (χ4n) is 24.4. The van der Waals surface area contributed by atoms with Gasteiger partial charge in [0.05, 0.1) is 61.3 Å². The lowest BCUT2D eigenvalue weighted by Gasteiger charge is -2.39. The van der Waals surface area contributed by atoms with E-state index in [4.69, 9.17) is 0 Å². The molecule has 0 saturated carbocycles. The van der Waals surface area contributed by atoms with Gasteiger partial charge in [0.15, 0.2) is 0 Å². The highest BCUT2D eigenvalue weighted by atomic mass is 15.2. The maximum Gasteiger partial charge on any atom is 0.0754 e. The molecule has 1 atom stereocenters. The maximum absolute atomic E-state index is 2.55. The third-order valence-electron chi connectivity index (χ3n) is 30.2. The number of rotatable bonds is 15. The second-order valence-corrected chi connectivity index (χ2v) is 37.1. The Morgan fingerprint density at radius 1 is 0.152 bits per heavy atom. The van der Waals surface area contributed by atoms with E-state index in [-0.39, 0.29) is 0 Å². The molecule has 0 saturated heterocycles. The smallest absolute Gasteiger partial charge is 0.0754 e. The van der Waals surface area contributed by atoms with Gasteiger partial charge in [-0.2, -0.15) is 0 Å². The fourth-order valence-corrected chi connectivity index (χ4v) is 24.4. The van der Waals surface area contributed by atoms with Crippen LogP contribution >= 0.6 is 0 Å². The van der Waals surface area contributed by atoms with Crippen LogP contribution in [-0.2, 0) is 10.8 Å². The minimum absolute atomic E-state index is 0.487. The molecule has 4 heterocycles. The number of anilines is 6. The molecule has 0 fully saturated rings. The van der Waals surface area contributed by atoms with Crippen LogP contribution in [0.3, 0.4) is 0 Å². The van der Waals surface area contributed by atoms with Gasteiger partial charge in [0.25, 0.3) is 0 Å². The van der Waals surface area contributed by atoms with E-state index in [1.54, 1.807) is 0 Å². The lowest BCUT2D eigenvalue weighted by Crippen LogP contribution is -2.33. The fraction of sp³-hybridized carbons (Fsp3) is 0.0149. The molecule has 2 spiro atoms. The molecule has 138 heavy (non-hydrogen) atoms. The van der Waals surface area contributed by atoms with E-state index in [0.29, 0.717) is 0 Å². The summed E-state index contributed by atoms with van der Waals surface area (Å²) in [7, 11) is 0. The molecule has 28 rings (SSSR count). The summed E-state index contributed by atoms with van der Waals surface area (Å²) in [4.78, 5) is 4.96. The molecule has 24 aromatic rings. The summed E-state index contributed by atoms with van der Waals surface area (Å²) in [6, 6.07) is 195.